The lowest BCUT2D eigenvalue weighted by atomic mass is 9.96. The number of piperazine rings is 1. The molecule has 1 unspecified atom stereocenters. The minimum absolute atomic E-state index is 0.00128. The Morgan fingerprint density at radius 2 is 1.53 bits per heavy atom. The molecule has 3 saturated heterocycles. The van der Waals surface area contributed by atoms with E-state index in [4.69, 9.17) is 9.47 Å². The Hall–Kier alpha value is -2.50. The molecular formula is C23H31N3O7S. The molecule has 0 N–H and O–H groups in total. The van der Waals surface area contributed by atoms with E-state index in [9.17, 15) is 22.8 Å². The summed E-state index contributed by atoms with van der Waals surface area (Å²) >= 11 is 0. The first kappa shape index (κ1) is 24.6. The van der Waals surface area contributed by atoms with Crippen LogP contribution in [0.2, 0.25) is 0 Å². The van der Waals surface area contributed by atoms with Gasteiger partial charge in [-0.3, -0.25) is 9.59 Å². The SMILES string of the molecule is COC(=O)c1ccccc1S(=O)(=O)N1CCC(C(=O)N2CCN(C(=O)C3CCCO3)CC2)CC1. The summed E-state index contributed by atoms with van der Waals surface area (Å²) in [6.45, 7) is 2.95. The van der Waals surface area contributed by atoms with Crippen molar-refractivity contribution in [2.45, 2.75) is 36.7 Å². The van der Waals surface area contributed by atoms with Gasteiger partial charge in [0, 0.05) is 51.8 Å². The second kappa shape index (κ2) is 10.4. The first-order valence-electron chi connectivity index (χ1n) is 11.7. The largest absolute Gasteiger partial charge is 0.465 e. The van der Waals surface area contributed by atoms with Gasteiger partial charge in [-0.2, -0.15) is 4.31 Å². The lowest BCUT2D eigenvalue weighted by molar-refractivity contribution is -0.147. The summed E-state index contributed by atoms with van der Waals surface area (Å²) in [7, 11) is -2.69. The lowest BCUT2D eigenvalue weighted by Gasteiger charge is -2.39. The average Bonchev–Trinajstić information content (AvgIpc) is 3.42. The van der Waals surface area contributed by atoms with Gasteiger partial charge in [-0.1, -0.05) is 12.1 Å². The van der Waals surface area contributed by atoms with Gasteiger partial charge in [0.15, 0.2) is 0 Å². The number of hydrogen-bond donors (Lipinski definition) is 0. The number of carbonyl (C=O) groups is 3. The molecule has 11 heteroatoms. The molecule has 0 aliphatic carbocycles. The van der Waals surface area contributed by atoms with E-state index in [1.807, 2.05) is 0 Å². The van der Waals surface area contributed by atoms with Crippen molar-refractivity contribution in [3.05, 3.63) is 29.8 Å². The molecule has 3 aliphatic rings. The zero-order valence-electron chi connectivity index (χ0n) is 19.3. The number of piperidine rings is 1. The number of carbonyl (C=O) groups excluding carboxylic acids is 3. The van der Waals surface area contributed by atoms with Crippen molar-refractivity contribution in [3.8, 4) is 0 Å². The summed E-state index contributed by atoms with van der Waals surface area (Å²) in [6, 6.07) is 5.98. The van der Waals surface area contributed by atoms with Crippen molar-refractivity contribution in [2.75, 3.05) is 53.0 Å². The molecule has 10 nitrogen and oxygen atoms in total. The zero-order chi connectivity index (χ0) is 24.3. The molecule has 0 aromatic heterocycles. The fourth-order valence-corrected chi connectivity index (χ4v) is 6.48. The van der Waals surface area contributed by atoms with Gasteiger partial charge in [0.25, 0.3) is 5.91 Å². The van der Waals surface area contributed by atoms with Crippen LogP contribution in [0.25, 0.3) is 0 Å². The summed E-state index contributed by atoms with van der Waals surface area (Å²) in [6.07, 6.45) is 2.13. The molecule has 0 saturated carbocycles. The molecule has 2 amide bonds. The van der Waals surface area contributed by atoms with E-state index in [0.29, 0.717) is 45.6 Å². The van der Waals surface area contributed by atoms with Crippen LogP contribution in [0, 0.1) is 5.92 Å². The van der Waals surface area contributed by atoms with Crippen LogP contribution in [0.5, 0.6) is 0 Å². The molecule has 0 radical (unpaired) electrons. The van der Waals surface area contributed by atoms with E-state index in [2.05, 4.69) is 0 Å². The number of amides is 2. The van der Waals surface area contributed by atoms with Gasteiger partial charge in [0.2, 0.25) is 15.9 Å². The summed E-state index contributed by atoms with van der Waals surface area (Å²) in [5.74, 6) is -0.948. The standard InChI is InChI=1S/C23H31N3O7S/c1-32-23(29)18-5-2-3-7-20(18)34(30,31)26-10-8-17(9-11-26)21(27)24-12-14-25(15-13-24)22(28)19-6-4-16-33-19/h2-3,5,7,17,19H,4,6,8-16H2,1H3. The summed E-state index contributed by atoms with van der Waals surface area (Å²) in [5, 5.41) is 0. The third-order valence-electron chi connectivity index (χ3n) is 6.82. The predicted molar refractivity (Wildman–Crippen MR) is 121 cm³/mol. The quantitative estimate of drug-likeness (QED) is 0.556. The summed E-state index contributed by atoms with van der Waals surface area (Å²) in [4.78, 5) is 41.1. The van der Waals surface area contributed by atoms with Crippen LogP contribution < -0.4 is 0 Å². The van der Waals surface area contributed by atoms with Gasteiger partial charge in [0.05, 0.1) is 17.6 Å². The highest BCUT2D eigenvalue weighted by Gasteiger charge is 2.37. The van der Waals surface area contributed by atoms with Crippen LogP contribution in [0.15, 0.2) is 29.2 Å². The number of rotatable bonds is 5. The molecule has 1 atom stereocenters. The molecule has 186 valence electrons. The number of ether oxygens (including phenoxy) is 2. The maximum atomic E-state index is 13.2. The first-order valence-corrected chi connectivity index (χ1v) is 13.1. The molecule has 3 fully saturated rings. The van der Waals surface area contributed by atoms with Crippen molar-refractivity contribution < 1.29 is 32.3 Å². The fraction of sp³-hybridized carbons (Fsp3) is 0.609. The highest BCUT2D eigenvalue weighted by molar-refractivity contribution is 7.89. The number of nitrogens with zero attached hydrogens (tertiary/aromatic N) is 3. The first-order chi connectivity index (χ1) is 16.3. The average molecular weight is 494 g/mol. The maximum absolute atomic E-state index is 13.2. The fourth-order valence-electron chi connectivity index (χ4n) is 4.83. The predicted octanol–water partition coefficient (Wildman–Crippen LogP) is 0.724. The number of methoxy groups -OCH3 is 1. The topological polar surface area (TPSA) is 114 Å². The maximum Gasteiger partial charge on any atom is 0.339 e. The van der Waals surface area contributed by atoms with Crippen LogP contribution in [0.1, 0.15) is 36.0 Å². The van der Waals surface area contributed by atoms with Crippen molar-refractivity contribution >= 4 is 27.8 Å². The van der Waals surface area contributed by atoms with Gasteiger partial charge < -0.3 is 19.3 Å². The molecular weight excluding hydrogens is 462 g/mol. The Morgan fingerprint density at radius 3 is 2.12 bits per heavy atom. The number of esters is 1. The van der Waals surface area contributed by atoms with Crippen molar-refractivity contribution in [1.29, 1.82) is 0 Å². The molecule has 3 heterocycles. The minimum atomic E-state index is -3.90. The number of sulfonamides is 1. The van der Waals surface area contributed by atoms with Crippen molar-refractivity contribution in [3.63, 3.8) is 0 Å². The van der Waals surface area contributed by atoms with Gasteiger partial charge in [0.1, 0.15) is 6.10 Å². The van der Waals surface area contributed by atoms with Crippen LogP contribution in [-0.4, -0.2) is 99.4 Å². The second-order valence-electron chi connectivity index (χ2n) is 8.82. The Bertz CT molecular complexity index is 1020. The molecule has 3 aliphatic heterocycles. The Morgan fingerprint density at radius 1 is 0.912 bits per heavy atom. The third-order valence-corrected chi connectivity index (χ3v) is 8.78. The molecule has 0 spiro atoms. The van der Waals surface area contributed by atoms with E-state index in [1.54, 1.807) is 21.9 Å². The monoisotopic (exact) mass is 493 g/mol. The Balaban J connectivity index is 1.32. The molecule has 34 heavy (non-hydrogen) atoms. The van der Waals surface area contributed by atoms with Gasteiger partial charge in [-0.25, -0.2) is 13.2 Å². The van der Waals surface area contributed by atoms with Crippen LogP contribution in [0.4, 0.5) is 0 Å². The number of hydrogen-bond acceptors (Lipinski definition) is 7. The smallest absolute Gasteiger partial charge is 0.339 e. The molecule has 1 aromatic carbocycles. The second-order valence-corrected chi connectivity index (χ2v) is 10.7. The van der Waals surface area contributed by atoms with Crippen LogP contribution >= 0.6 is 0 Å². The minimum Gasteiger partial charge on any atom is -0.465 e. The molecule has 4 rings (SSSR count). The van der Waals surface area contributed by atoms with E-state index in [1.165, 1.54) is 23.5 Å². The summed E-state index contributed by atoms with van der Waals surface area (Å²) < 4.78 is 37.9. The van der Waals surface area contributed by atoms with Gasteiger partial charge in [-0.15, -0.1) is 0 Å². The highest BCUT2D eigenvalue weighted by atomic mass is 32.2. The molecule has 0 bridgehead atoms. The van der Waals surface area contributed by atoms with Crippen molar-refractivity contribution in [1.82, 2.24) is 14.1 Å². The van der Waals surface area contributed by atoms with Crippen molar-refractivity contribution in [2.24, 2.45) is 5.92 Å². The number of benzene rings is 1. The van der Waals surface area contributed by atoms with Crippen LogP contribution in [-0.2, 0) is 29.1 Å². The lowest BCUT2D eigenvalue weighted by Crippen LogP contribution is -2.54. The van der Waals surface area contributed by atoms with E-state index < -0.39 is 16.0 Å². The Labute approximate surface area is 199 Å². The third kappa shape index (κ3) is 4.96. The zero-order valence-corrected chi connectivity index (χ0v) is 20.2. The Kier molecular flexibility index (Phi) is 7.54. The van der Waals surface area contributed by atoms with E-state index >= 15 is 0 Å². The van der Waals surface area contributed by atoms with E-state index in [-0.39, 0.29) is 47.4 Å². The van der Waals surface area contributed by atoms with Crippen LogP contribution in [0.3, 0.4) is 0 Å². The molecule has 1 aromatic rings. The van der Waals surface area contributed by atoms with Gasteiger partial charge in [-0.05, 0) is 37.8 Å². The highest BCUT2D eigenvalue weighted by Crippen LogP contribution is 2.27. The van der Waals surface area contributed by atoms with E-state index in [0.717, 1.165) is 12.8 Å². The normalized spacial score (nSPS) is 22.6. The van der Waals surface area contributed by atoms with Gasteiger partial charge >= 0.3 is 5.97 Å². The summed E-state index contributed by atoms with van der Waals surface area (Å²) in [5.41, 5.74) is -0.00128.